The second-order valence-corrected chi connectivity index (χ2v) is 1.76. The first kappa shape index (κ1) is 13.2. The summed E-state index contributed by atoms with van der Waals surface area (Å²) < 4.78 is 34.1. The molecule has 0 aliphatic carbocycles. The van der Waals surface area contributed by atoms with E-state index in [-0.39, 0.29) is 38.3 Å². The van der Waals surface area contributed by atoms with E-state index in [4.69, 9.17) is 0 Å². The van der Waals surface area contributed by atoms with E-state index in [0.717, 1.165) is 0 Å². The van der Waals surface area contributed by atoms with Gasteiger partial charge in [0.05, 0.1) is 0 Å². The predicted octanol–water partition coefficient (Wildman–Crippen LogP) is 2.71. The topological polar surface area (TPSA) is 0 Å². The van der Waals surface area contributed by atoms with Gasteiger partial charge in [-0.2, -0.15) is 0 Å². The summed E-state index contributed by atoms with van der Waals surface area (Å²) in [6.45, 7) is 3.07. The quantitative estimate of drug-likeness (QED) is 0.603. The molecule has 0 heterocycles. The molecule has 0 saturated carbocycles. The summed E-state index contributed by atoms with van der Waals surface area (Å²) in [7, 11) is 0. The van der Waals surface area contributed by atoms with Crippen LogP contribution in [0, 0.1) is 6.08 Å². The van der Waals surface area contributed by atoms with Crippen molar-refractivity contribution in [1.29, 1.82) is 0 Å². The van der Waals surface area contributed by atoms with Gasteiger partial charge in [0.15, 0.2) is 0 Å². The van der Waals surface area contributed by atoms with Crippen LogP contribution in [0.2, 0.25) is 0 Å². The molecular formula is C6H8F3Y-. The number of hydrogen-bond acceptors (Lipinski definition) is 0. The third-order valence-corrected chi connectivity index (χ3v) is 0.885. The molecule has 0 saturated heterocycles. The van der Waals surface area contributed by atoms with Crippen molar-refractivity contribution in [2.45, 2.75) is 26.4 Å². The zero-order chi connectivity index (χ0) is 7.49. The Kier molecular flexibility index (Phi) is 7.03. The van der Waals surface area contributed by atoms with Gasteiger partial charge in [-0.3, -0.25) is 5.57 Å². The van der Waals surface area contributed by atoms with E-state index in [9.17, 15) is 13.2 Å². The van der Waals surface area contributed by atoms with Crippen LogP contribution in [-0.4, -0.2) is 6.18 Å². The fourth-order valence-electron chi connectivity index (χ4n) is 0.330. The van der Waals surface area contributed by atoms with Gasteiger partial charge < -0.3 is 6.08 Å². The molecule has 0 aromatic heterocycles. The molecule has 0 aliphatic heterocycles. The van der Waals surface area contributed by atoms with E-state index in [2.05, 4.69) is 0 Å². The average Bonchev–Trinajstić information content (AvgIpc) is 1.62. The molecule has 0 unspecified atom stereocenters. The molecule has 0 nitrogen and oxygen atoms in total. The summed E-state index contributed by atoms with van der Waals surface area (Å²) in [6, 6.07) is 0. The SMILES string of the molecule is CCC(C)=[C-]C(F)(F)F.[Y]. The molecule has 0 aromatic rings. The van der Waals surface area contributed by atoms with Gasteiger partial charge in [0.2, 0.25) is 0 Å². The van der Waals surface area contributed by atoms with Crippen LogP contribution < -0.4 is 0 Å². The van der Waals surface area contributed by atoms with Crippen molar-refractivity contribution in [2.75, 3.05) is 0 Å². The van der Waals surface area contributed by atoms with Gasteiger partial charge in [0.25, 0.3) is 6.18 Å². The summed E-state index contributed by atoms with van der Waals surface area (Å²) in [5, 5.41) is 0. The second kappa shape index (κ2) is 5.31. The Labute approximate surface area is 83.8 Å². The monoisotopic (exact) mass is 226 g/mol. The minimum Gasteiger partial charge on any atom is -0.390 e. The number of rotatable bonds is 1. The van der Waals surface area contributed by atoms with Crippen LogP contribution >= 0.6 is 0 Å². The summed E-state index contributed by atoms with van der Waals surface area (Å²) in [6.07, 6.45) is -2.48. The van der Waals surface area contributed by atoms with Gasteiger partial charge in [0, 0.05) is 32.7 Å². The average molecular weight is 226 g/mol. The molecule has 0 aromatic carbocycles. The first-order valence-corrected chi connectivity index (χ1v) is 2.63. The Hall–Kier alpha value is 0.634. The molecule has 0 amide bonds. The standard InChI is InChI=1S/C6H8F3.Y/c1-3-5(2)4-6(7,8)9;/h3H2,1-2H3;/q-1;. The van der Waals surface area contributed by atoms with Crippen molar-refractivity contribution >= 4 is 0 Å². The van der Waals surface area contributed by atoms with Gasteiger partial charge in [-0.1, -0.05) is 20.3 Å². The Bertz CT molecular complexity index is 115. The van der Waals surface area contributed by atoms with E-state index < -0.39 is 6.18 Å². The summed E-state index contributed by atoms with van der Waals surface area (Å²) in [5.41, 5.74) is 0.238. The van der Waals surface area contributed by atoms with Gasteiger partial charge in [-0.25, -0.2) is 13.2 Å². The van der Waals surface area contributed by atoms with Crippen LogP contribution in [0.15, 0.2) is 5.57 Å². The molecule has 0 bridgehead atoms. The van der Waals surface area contributed by atoms with Crippen LogP contribution in [0.4, 0.5) is 13.2 Å². The van der Waals surface area contributed by atoms with Crippen molar-refractivity contribution in [3.8, 4) is 0 Å². The number of alkyl halides is 3. The van der Waals surface area contributed by atoms with Crippen molar-refractivity contribution < 1.29 is 45.9 Å². The van der Waals surface area contributed by atoms with Gasteiger partial charge in [-0.05, 0) is 0 Å². The molecule has 0 rings (SSSR count). The second-order valence-electron chi connectivity index (χ2n) is 1.76. The maximum absolute atomic E-state index is 11.4. The molecule has 10 heavy (non-hydrogen) atoms. The number of halogens is 3. The number of allylic oxidation sites excluding steroid dienone is 2. The van der Waals surface area contributed by atoms with E-state index in [1.165, 1.54) is 13.0 Å². The smallest absolute Gasteiger partial charge is 0.265 e. The summed E-state index contributed by atoms with van der Waals surface area (Å²) in [5.74, 6) is 0. The normalized spacial score (nSPS) is 12.7. The molecule has 0 fully saturated rings. The van der Waals surface area contributed by atoms with Gasteiger partial charge in [0.1, 0.15) is 0 Å². The molecule has 0 spiro atoms. The number of hydrogen-bond donors (Lipinski definition) is 0. The third-order valence-electron chi connectivity index (χ3n) is 0.885. The van der Waals surface area contributed by atoms with Crippen LogP contribution in [0.5, 0.6) is 0 Å². The maximum Gasteiger partial charge on any atom is 0.265 e. The Morgan fingerprint density at radius 1 is 1.40 bits per heavy atom. The largest absolute Gasteiger partial charge is 0.390 e. The van der Waals surface area contributed by atoms with Crippen LogP contribution in [0.3, 0.4) is 0 Å². The Morgan fingerprint density at radius 2 is 1.80 bits per heavy atom. The Morgan fingerprint density at radius 3 is 1.90 bits per heavy atom. The third kappa shape index (κ3) is 8.63. The van der Waals surface area contributed by atoms with E-state index in [1.54, 1.807) is 6.92 Å². The molecule has 1 radical (unpaired) electrons. The molecule has 0 aliphatic rings. The van der Waals surface area contributed by atoms with Crippen molar-refractivity contribution in [2.24, 2.45) is 0 Å². The van der Waals surface area contributed by atoms with Crippen molar-refractivity contribution in [3.05, 3.63) is 11.6 Å². The maximum atomic E-state index is 11.4. The summed E-state index contributed by atoms with van der Waals surface area (Å²) >= 11 is 0. The van der Waals surface area contributed by atoms with Gasteiger partial charge in [-0.15, -0.1) is 0 Å². The first-order chi connectivity index (χ1) is 3.95. The zero-order valence-corrected chi connectivity index (χ0v) is 8.76. The molecular weight excluding hydrogens is 218 g/mol. The zero-order valence-electron chi connectivity index (χ0n) is 5.92. The van der Waals surface area contributed by atoms with Crippen molar-refractivity contribution in [3.63, 3.8) is 0 Å². The van der Waals surface area contributed by atoms with E-state index >= 15 is 0 Å². The predicted molar refractivity (Wildman–Crippen MR) is 28.8 cm³/mol. The van der Waals surface area contributed by atoms with E-state index in [0.29, 0.717) is 6.42 Å². The molecule has 0 N–H and O–H groups in total. The minimum atomic E-state index is -4.26. The van der Waals surface area contributed by atoms with E-state index in [1.807, 2.05) is 0 Å². The fraction of sp³-hybridized carbons (Fsp3) is 0.667. The van der Waals surface area contributed by atoms with Crippen LogP contribution in [0.1, 0.15) is 20.3 Å². The molecule has 57 valence electrons. The Balaban J connectivity index is 0. The van der Waals surface area contributed by atoms with Crippen molar-refractivity contribution in [1.82, 2.24) is 0 Å². The summed E-state index contributed by atoms with van der Waals surface area (Å²) in [4.78, 5) is 0. The first-order valence-electron chi connectivity index (χ1n) is 2.63. The fourth-order valence-corrected chi connectivity index (χ4v) is 0.330. The molecule has 0 atom stereocenters. The van der Waals surface area contributed by atoms with Crippen LogP contribution in [0.25, 0.3) is 0 Å². The van der Waals surface area contributed by atoms with Gasteiger partial charge >= 0.3 is 0 Å². The molecule has 4 heteroatoms. The minimum absolute atomic E-state index is 0. The van der Waals surface area contributed by atoms with Crippen LogP contribution in [-0.2, 0) is 32.7 Å².